The summed E-state index contributed by atoms with van der Waals surface area (Å²) in [7, 11) is 0. The fourth-order valence-electron chi connectivity index (χ4n) is 0.618. The molecule has 106 valence electrons. The fraction of sp³-hybridized carbons (Fsp3) is 0.600. The lowest BCUT2D eigenvalue weighted by molar-refractivity contribution is -0.136. The van der Waals surface area contributed by atoms with E-state index < -0.39 is 36.9 Å². The first-order valence-corrected chi connectivity index (χ1v) is 4.92. The summed E-state index contributed by atoms with van der Waals surface area (Å²) >= 11 is 0. The molecule has 0 aromatic rings. The summed E-state index contributed by atoms with van der Waals surface area (Å²) in [6.45, 7) is 4.09. The van der Waals surface area contributed by atoms with Gasteiger partial charge in [0, 0.05) is 5.57 Å². The van der Waals surface area contributed by atoms with Crippen LogP contribution >= 0.6 is 0 Å². The minimum absolute atomic E-state index is 0.0258. The Balaban J connectivity index is 0. The lowest BCUT2D eigenvalue weighted by atomic mass is 10.0. The standard InChI is InChI=1S/C6H12O6.C4H7NO/c7-1-3(9)5(11)6(12)4(10)2-8;1-3(2)4(5)6/h1,3-6,8-12H,2H2;1H2,2H3,(H2,5,6)/t3-,4-,5+,6+;/m1./s1. The van der Waals surface area contributed by atoms with Crippen molar-refractivity contribution in [1.82, 2.24) is 0 Å². The minimum Gasteiger partial charge on any atom is -0.394 e. The molecule has 0 bridgehead atoms. The second-order valence-electron chi connectivity index (χ2n) is 3.50. The molecule has 0 aliphatic rings. The van der Waals surface area contributed by atoms with Crippen LogP contribution in [0.5, 0.6) is 0 Å². The van der Waals surface area contributed by atoms with Crippen LogP contribution in [-0.2, 0) is 9.59 Å². The van der Waals surface area contributed by atoms with Crippen molar-refractivity contribution in [1.29, 1.82) is 0 Å². The molecule has 0 aromatic carbocycles. The second kappa shape index (κ2) is 9.68. The number of hydrogen-bond acceptors (Lipinski definition) is 7. The van der Waals surface area contributed by atoms with E-state index in [0.717, 1.165) is 0 Å². The number of carbonyl (C=O) groups is 2. The van der Waals surface area contributed by atoms with E-state index in [1.54, 1.807) is 6.92 Å². The summed E-state index contributed by atoms with van der Waals surface area (Å²) in [6, 6.07) is 0. The van der Waals surface area contributed by atoms with Crippen LogP contribution in [0.3, 0.4) is 0 Å². The third kappa shape index (κ3) is 7.87. The monoisotopic (exact) mass is 265 g/mol. The predicted octanol–water partition coefficient (Wildman–Crippen LogP) is -3.33. The molecule has 0 radical (unpaired) electrons. The zero-order valence-electron chi connectivity index (χ0n) is 9.93. The van der Waals surface area contributed by atoms with Gasteiger partial charge in [-0.25, -0.2) is 0 Å². The van der Waals surface area contributed by atoms with Gasteiger partial charge in [0.25, 0.3) is 0 Å². The summed E-state index contributed by atoms with van der Waals surface area (Å²) in [5.41, 5.74) is 5.09. The van der Waals surface area contributed by atoms with Crippen LogP contribution in [0.2, 0.25) is 0 Å². The maximum Gasteiger partial charge on any atom is 0.243 e. The van der Waals surface area contributed by atoms with Gasteiger partial charge < -0.3 is 36.1 Å². The largest absolute Gasteiger partial charge is 0.394 e. The molecule has 0 saturated heterocycles. The normalized spacial score (nSPS) is 16.6. The first-order chi connectivity index (χ1) is 8.18. The molecule has 1 amide bonds. The molecular formula is C10H19NO7. The average Bonchev–Trinajstić information content (AvgIpc) is 2.35. The van der Waals surface area contributed by atoms with E-state index in [4.69, 9.17) is 31.3 Å². The van der Waals surface area contributed by atoms with Gasteiger partial charge in [-0.2, -0.15) is 0 Å². The molecule has 8 nitrogen and oxygen atoms in total. The van der Waals surface area contributed by atoms with Crippen molar-refractivity contribution >= 4 is 12.2 Å². The average molecular weight is 265 g/mol. The number of nitrogens with two attached hydrogens (primary N) is 1. The first kappa shape index (κ1) is 19.0. The van der Waals surface area contributed by atoms with Crippen molar-refractivity contribution in [3.05, 3.63) is 12.2 Å². The molecule has 0 saturated carbocycles. The summed E-state index contributed by atoms with van der Waals surface area (Å²) in [4.78, 5) is 19.7. The molecular weight excluding hydrogens is 246 g/mol. The second-order valence-corrected chi connectivity index (χ2v) is 3.50. The number of aliphatic hydroxyl groups excluding tert-OH is 5. The van der Waals surface area contributed by atoms with Gasteiger partial charge in [-0.1, -0.05) is 6.58 Å². The maximum absolute atomic E-state index is 9.90. The fourth-order valence-corrected chi connectivity index (χ4v) is 0.618. The van der Waals surface area contributed by atoms with Crippen LogP contribution in [0.25, 0.3) is 0 Å². The Morgan fingerprint density at radius 3 is 1.89 bits per heavy atom. The van der Waals surface area contributed by atoms with Gasteiger partial charge >= 0.3 is 0 Å². The highest BCUT2D eigenvalue weighted by molar-refractivity contribution is 5.90. The van der Waals surface area contributed by atoms with E-state index in [1.807, 2.05) is 0 Å². The molecule has 0 spiro atoms. The number of amides is 1. The van der Waals surface area contributed by atoms with E-state index in [9.17, 15) is 9.59 Å². The highest BCUT2D eigenvalue weighted by atomic mass is 16.4. The zero-order valence-corrected chi connectivity index (χ0v) is 9.93. The van der Waals surface area contributed by atoms with Crippen LogP contribution in [0, 0.1) is 0 Å². The smallest absolute Gasteiger partial charge is 0.243 e. The Morgan fingerprint density at radius 2 is 1.67 bits per heavy atom. The van der Waals surface area contributed by atoms with Crippen molar-refractivity contribution in [3.8, 4) is 0 Å². The molecule has 0 aliphatic heterocycles. The van der Waals surface area contributed by atoms with Crippen molar-refractivity contribution in [2.24, 2.45) is 5.73 Å². The van der Waals surface area contributed by atoms with Crippen LogP contribution in [-0.4, -0.2) is 68.7 Å². The molecule has 0 unspecified atom stereocenters. The Morgan fingerprint density at radius 1 is 1.28 bits per heavy atom. The number of carbonyl (C=O) groups excluding carboxylic acids is 2. The summed E-state index contributed by atoms with van der Waals surface area (Å²) in [5.74, 6) is -0.435. The quantitative estimate of drug-likeness (QED) is 0.216. The molecule has 18 heavy (non-hydrogen) atoms. The third-order valence-electron chi connectivity index (χ3n) is 1.84. The van der Waals surface area contributed by atoms with E-state index in [1.165, 1.54) is 0 Å². The van der Waals surface area contributed by atoms with Crippen molar-refractivity contribution in [2.75, 3.05) is 6.61 Å². The SMILES string of the molecule is C=C(C)C(N)=O.O=C[C@@H](O)[C@H](O)[C@@H](O)[C@H](O)CO. The highest BCUT2D eigenvalue weighted by Crippen LogP contribution is 2.02. The Labute approximate surface area is 104 Å². The topological polar surface area (TPSA) is 161 Å². The Hall–Kier alpha value is -1.32. The molecule has 0 aliphatic carbocycles. The lowest BCUT2D eigenvalue weighted by Gasteiger charge is -2.22. The van der Waals surface area contributed by atoms with Crippen molar-refractivity contribution < 1.29 is 35.1 Å². The molecule has 0 fully saturated rings. The summed E-state index contributed by atoms with van der Waals surface area (Å²) in [5, 5.41) is 43.5. The van der Waals surface area contributed by atoms with Gasteiger partial charge in [0.1, 0.15) is 24.4 Å². The molecule has 0 heterocycles. The van der Waals surface area contributed by atoms with Gasteiger partial charge in [0.05, 0.1) is 6.61 Å². The van der Waals surface area contributed by atoms with Crippen LogP contribution in [0.4, 0.5) is 0 Å². The summed E-state index contributed by atoms with van der Waals surface area (Å²) < 4.78 is 0. The predicted molar refractivity (Wildman–Crippen MR) is 61.2 cm³/mol. The van der Waals surface area contributed by atoms with Gasteiger partial charge in [-0.15, -0.1) is 0 Å². The van der Waals surface area contributed by atoms with Crippen LogP contribution in [0.1, 0.15) is 6.92 Å². The van der Waals surface area contributed by atoms with Gasteiger partial charge in [0.2, 0.25) is 5.91 Å². The molecule has 0 rings (SSSR count). The maximum atomic E-state index is 9.90. The van der Waals surface area contributed by atoms with Gasteiger partial charge in [-0.05, 0) is 6.92 Å². The van der Waals surface area contributed by atoms with Crippen molar-refractivity contribution in [3.63, 3.8) is 0 Å². The van der Waals surface area contributed by atoms with Gasteiger partial charge in [-0.3, -0.25) is 4.79 Å². The number of aliphatic hydroxyl groups is 5. The summed E-state index contributed by atoms with van der Waals surface area (Å²) in [6.07, 6.45) is -6.84. The number of rotatable bonds is 6. The van der Waals surface area contributed by atoms with Crippen molar-refractivity contribution in [2.45, 2.75) is 31.3 Å². The number of aldehydes is 1. The van der Waals surface area contributed by atoms with Crippen LogP contribution in [0.15, 0.2) is 12.2 Å². The minimum atomic E-state index is -1.79. The number of primary amides is 1. The van der Waals surface area contributed by atoms with E-state index in [-0.39, 0.29) is 6.29 Å². The number of hydrogen-bond donors (Lipinski definition) is 6. The molecule has 4 atom stereocenters. The Kier molecular flexibility index (Phi) is 10.2. The van der Waals surface area contributed by atoms with E-state index in [2.05, 4.69) is 6.58 Å². The van der Waals surface area contributed by atoms with E-state index >= 15 is 0 Å². The molecule has 7 N–H and O–H groups in total. The van der Waals surface area contributed by atoms with Crippen LogP contribution < -0.4 is 5.73 Å². The first-order valence-electron chi connectivity index (χ1n) is 4.92. The lowest BCUT2D eigenvalue weighted by Crippen LogP contribution is -2.46. The zero-order chi connectivity index (χ0) is 14.9. The Bertz CT molecular complexity index is 269. The van der Waals surface area contributed by atoms with Gasteiger partial charge in [0.15, 0.2) is 6.29 Å². The third-order valence-corrected chi connectivity index (χ3v) is 1.84. The highest BCUT2D eigenvalue weighted by Gasteiger charge is 2.29. The molecule has 8 heteroatoms. The molecule has 0 aromatic heterocycles. The van der Waals surface area contributed by atoms with E-state index in [0.29, 0.717) is 5.57 Å².